The first-order valence-electron chi connectivity index (χ1n) is 10.6. The maximum Gasteiger partial charge on any atom is 0.261 e. The molecule has 0 spiro atoms. The van der Waals surface area contributed by atoms with Gasteiger partial charge < -0.3 is 4.43 Å². The van der Waals surface area contributed by atoms with Crippen LogP contribution in [0, 0.1) is 0 Å². The number of hydrogen-bond acceptors (Lipinski definition) is 2. The highest BCUT2D eigenvalue weighted by atomic mass is 32.2. The van der Waals surface area contributed by atoms with Crippen molar-refractivity contribution in [3.05, 3.63) is 71.6 Å². The Balaban J connectivity index is 1.88. The number of unbranched alkanes of at least 4 members (excludes halogenated alkanes) is 1. The summed E-state index contributed by atoms with van der Waals surface area (Å²) in [5.41, 5.74) is 0. The molecular weight excluding hydrogens is 376 g/mol. The van der Waals surface area contributed by atoms with E-state index in [0.717, 1.165) is 13.0 Å². The van der Waals surface area contributed by atoms with Crippen molar-refractivity contribution in [1.82, 2.24) is 0 Å². The van der Waals surface area contributed by atoms with Gasteiger partial charge in [-0.15, -0.1) is 11.8 Å². The van der Waals surface area contributed by atoms with Gasteiger partial charge >= 0.3 is 0 Å². The first-order chi connectivity index (χ1) is 13.5. The van der Waals surface area contributed by atoms with Crippen LogP contribution in [0.5, 0.6) is 0 Å². The van der Waals surface area contributed by atoms with E-state index in [0.29, 0.717) is 5.25 Å². The molecule has 0 saturated carbocycles. The van der Waals surface area contributed by atoms with Crippen LogP contribution >= 0.6 is 11.8 Å². The zero-order valence-corrected chi connectivity index (χ0v) is 19.6. The maximum atomic E-state index is 7.09. The molecule has 1 nitrogen and oxygen atoms in total. The first-order valence-corrected chi connectivity index (χ1v) is 13.4. The van der Waals surface area contributed by atoms with Crippen LogP contribution in [0.4, 0.5) is 0 Å². The Morgan fingerprint density at radius 1 is 0.964 bits per heavy atom. The van der Waals surface area contributed by atoms with Gasteiger partial charge in [-0.05, 0) is 39.6 Å². The molecule has 0 radical (unpaired) electrons. The van der Waals surface area contributed by atoms with Crippen molar-refractivity contribution < 1.29 is 4.43 Å². The topological polar surface area (TPSA) is 9.23 Å². The smallest absolute Gasteiger partial charge is 0.261 e. The van der Waals surface area contributed by atoms with E-state index in [4.69, 9.17) is 4.43 Å². The van der Waals surface area contributed by atoms with Crippen molar-refractivity contribution in [3.8, 4) is 0 Å². The summed E-state index contributed by atoms with van der Waals surface area (Å²) in [5, 5.41) is 3.34. The van der Waals surface area contributed by atoms with Crippen LogP contribution in [0.2, 0.25) is 5.04 Å². The zero-order valence-electron chi connectivity index (χ0n) is 17.8. The van der Waals surface area contributed by atoms with Crippen molar-refractivity contribution in [2.45, 2.75) is 63.7 Å². The third-order valence-corrected chi connectivity index (χ3v) is 11.9. The van der Waals surface area contributed by atoms with E-state index in [1.54, 1.807) is 4.91 Å². The molecule has 3 heteroatoms. The lowest BCUT2D eigenvalue weighted by Gasteiger charge is -2.43. The Morgan fingerprint density at radius 2 is 1.54 bits per heavy atom. The van der Waals surface area contributed by atoms with E-state index in [2.05, 4.69) is 106 Å². The predicted octanol–water partition coefficient (Wildman–Crippen LogP) is 6.14. The summed E-state index contributed by atoms with van der Waals surface area (Å²) >= 11 is 2.05. The molecule has 3 rings (SSSR count). The summed E-state index contributed by atoms with van der Waals surface area (Å²) < 4.78 is 7.09. The third-order valence-electron chi connectivity index (χ3n) is 5.61. The quantitative estimate of drug-likeness (QED) is 0.483. The van der Waals surface area contributed by atoms with Crippen LogP contribution in [0.25, 0.3) is 0 Å². The molecule has 0 unspecified atom stereocenters. The third kappa shape index (κ3) is 4.64. The Hall–Kier alpha value is -1.29. The van der Waals surface area contributed by atoms with Gasteiger partial charge in [-0.2, -0.15) is 0 Å². The highest BCUT2D eigenvalue weighted by molar-refractivity contribution is 8.03. The summed E-state index contributed by atoms with van der Waals surface area (Å²) in [4.78, 5) is 1.57. The minimum Gasteiger partial charge on any atom is -0.406 e. The average Bonchev–Trinajstić information content (AvgIpc) is 3.15. The zero-order chi connectivity index (χ0) is 20.0. The van der Waals surface area contributed by atoms with Crippen molar-refractivity contribution in [1.29, 1.82) is 0 Å². The second-order valence-corrected chi connectivity index (χ2v) is 14.5. The second-order valence-electron chi connectivity index (χ2n) is 8.72. The van der Waals surface area contributed by atoms with Gasteiger partial charge in [-0.1, -0.05) is 101 Å². The van der Waals surface area contributed by atoms with Crippen LogP contribution in [0.15, 0.2) is 71.6 Å². The predicted molar refractivity (Wildman–Crippen MR) is 127 cm³/mol. The number of allylic oxidation sites excluding steroid dienone is 2. The molecule has 0 saturated heterocycles. The molecule has 0 aromatic heterocycles. The molecule has 2 aromatic rings. The van der Waals surface area contributed by atoms with Gasteiger partial charge in [-0.3, -0.25) is 0 Å². The first kappa shape index (κ1) is 21.4. The van der Waals surface area contributed by atoms with Gasteiger partial charge in [-0.25, -0.2) is 0 Å². The Morgan fingerprint density at radius 3 is 2.04 bits per heavy atom. The van der Waals surface area contributed by atoms with E-state index in [9.17, 15) is 0 Å². The Kier molecular flexibility index (Phi) is 7.24. The minimum absolute atomic E-state index is 0.0530. The molecule has 0 fully saturated rings. The molecule has 1 aliphatic rings. The molecule has 1 aliphatic heterocycles. The van der Waals surface area contributed by atoms with Crippen molar-refractivity contribution in [2.75, 3.05) is 6.61 Å². The largest absolute Gasteiger partial charge is 0.406 e. The number of hydrogen-bond donors (Lipinski definition) is 0. The van der Waals surface area contributed by atoms with Crippen LogP contribution in [0.1, 0.15) is 53.4 Å². The normalized spacial score (nSPS) is 17.6. The highest BCUT2D eigenvalue weighted by Crippen LogP contribution is 2.40. The number of thioether (sulfide) groups is 1. The van der Waals surface area contributed by atoms with Gasteiger partial charge in [0.05, 0.1) is 0 Å². The van der Waals surface area contributed by atoms with E-state index in [1.807, 2.05) is 0 Å². The van der Waals surface area contributed by atoms with Gasteiger partial charge in [0.1, 0.15) is 0 Å². The standard InChI is InChI=1S/C25H34OSSi/c1-5-6-13-21-18-19-22(27-21)20-26-28(25(2,3)4,23-14-9-7-10-15-23)24-16-11-8-12-17-24/h7-12,14-18,22H,5-6,13,19-20H2,1-4H3/t22-/m0/s1. The molecule has 0 aliphatic carbocycles. The van der Waals surface area contributed by atoms with E-state index >= 15 is 0 Å². The lowest BCUT2D eigenvalue weighted by atomic mass is 10.2. The van der Waals surface area contributed by atoms with E-state index in [1.165, 1.54) is 29.6 Å². The van der Waals surface area contributed by atoms with E-state index < -0.39 is 8.32 Å². The van der Waals surface area contributed by atoms with Crippen LogP contribution in [0.3, 0.4) is 0 Å². The van der Waals surface area contributed by atoms with Gasteiger partial charge in [0.15, 0.2) is 0 Å². The Bertz CT molecular complexity index is 725. The molecule has 0 bridgehead atoms. The fraction of sp³-hybridized carbons (Fsp3) is 0.440. The highest BCUT2D eigenvalue weighted by Gasteiger charge is 2.50. The minimum atomic E-state index is -2.40. The number of rotatable bonds is 8. The molecule has 0 N–H and O–H groups in total. The average molecular weight is 411 g/mol. The van der Waals surface area contributed by atoms with E-state index in [-0.39, 0.29) is 5.04 Å². The van der Waals surface area contributed by atoms with Crippen molar-refractivity contribution >= 4 is 30.5 Å². The number of benzene rings is 2. The molecule has 1 heterocycles. The summed E-state index contributed by atoms with van der Waals surface area (Å²) in [6.07, 6.45) is 7.38. The van der Waals surface area contributed by atoms with Crippen LogP contribution in [-0.2, 0) is 4.43 Å². The fourth-order valence-electron chi connectivity index (χ4n) is 4.17. The van der Waals surface area contributed by atoms with Gasteiger partial charge in [0.25, 0.3) is 8.32 Å². The second kappa shape index (κ2) is 9.47. The molecule has 1 atom stereocenters. The van der Waals surface area contributed by atoms with Crippen LogP contribution < -0.4 is 10.4 Å². The summed E-state index contributed by atoms with van der Waals surface area (Å²) in [6.45, 7) is 10.2. The lowest BCUT2D eigenvalue weighted by molar-refractivity contribution is 0.298. The Labute approximate surface area is 176 Å². The fourth-order valence-corrected chi connectivity index (χ4v) is 10.1. The molecule has 0 amide bonds. The van der Waals surface area contributed by atoms with Crippen molar-refractivity contribution in [2.24, 2.45) is 0 Å². The summed E-state index contributed by atoms with van der Waals surface area (Å²) in [5.74, 6) is 0. The van der Waals surface area contributed by atoms with Gasteiger partial charge in [0, 0.05) is 11.9 Å². The van der Waals surface area contributed by atoms with Crippen LogP contribution in [-0.4, -0.2) is 20.2 Å². The SMILES string of the molecule is CCCCC1=CC[C@@H](CO[Si](c2ccccc2)(c2ccccc2)C(C)(C)C)S1. The summed E-state index contributed by atoms with van der Waals surface area (Å²) in [6, 6.07) is 21.9. The molecule has 2 aromatic carbocycles. The molecule has 28 heavy (non-hydrogen) atoms. The summed E-state index contributed by atoms with van der Waals surface area (Å²) in [7, 11) is -2.40. The molecular formula is C25H34OSSi. The monoisotopic (exact) mass is 410 g/mol. The maximum absolute atomic E-state index is 7.09. The molecule has 150 valence electrons. The van der Waals surface area contributed by atoms with Gasteiger partial charge in [0.2, 0.25) is 0 Å². The lowest BCUT2D eigenvalue weighted by Crippen LogP contribution is -2.67. The van der Waals surface area contributed by atoms with Crippen molar-refractivity contribution in [3.63, 3.8) is 0 Å².